The fourth-order valence-corrected chi connectivity index (χ4v) is 3.89. The number of hydrogen-bond acceptors (Lipinski definition) is 6. The fourth-order valence-electron chi connectivity index (χ4n) is 3.77. The predicted octanol–water partition coefficient (Wildman–Crippen LogP) is 2.13. The molecule has 1 heterocycles. The highest BCUT2D eigenvalue weighted by Crippen LogP contribution is 2.61. The summed E-state index contributed by atoms with van der Waals surface area (Å²) in [6.45, 7) is -0.174. The first-order valence-corrected chi connectivity index (χ1v) is 8.50. The standard InChI is InChI=1S/C17H17ClFN5O2/c18-11-2-1-10(3-12(11)19)26-6-15(25)24-17-7-16(8-17,9-17)23-14-5-21-13(20)4-22-14/h1-5H,6-9H2,(H2,20,21)(H,22,23)(H,24,25). The quantitative estimate of drug-likeness (QED) is 0.712. The molecule has 3 aliphatic carbocycles. The summed E-state index contributed by atoms with van der Waals surface area (Å²) in [4.78, 5) is 20.3. The molecule has 4 N–H and O–H groups in total. The number of carbonyl (C=O) groups is 1. The monoisotopic (exact) mass is 377 g/mol. The topological polar surface area (TPSA) is 102 Å². The minimum Gasteiger partial charge on any atom is -0.484 e. The molecule has 1 aromatic carbocycles. The van der Waals surface area contributed by atoms with Crippen LogP contribution in [0, 0.1) is 5.82 Å². The molecular formula is C17H17ClFN5O2. The van der Waals surface area contributed by atoms with E-state index >= 15 is 0 Å². The Morgan fingerprint density at radius 2 is 2.04 bits per heavy atom. The van der Waals surface area contributed by atoms with E-state index in [0.717, 1.165) is 25.3 Å². The van der Waals surface area contributed by atoms with Crippen molar-refractivity contribution in [3.63, 3.8) is 0 Å². The summed E-state index contributed by atoms with van der Waals surface area (Å²) in [5.74, 6) is 0.493. The van der Waals surface area contributed by atoms with Crippen molar-refractivity contribution in [3.8, 4) is 5.75 Å². The maximum absolute atomic E-state index is 13.4. The molecule has 1 aromatic heterocycles. The summed E-state index contributed by atoms with van der Waals surface area (Å²) >= 11 is 5.61. The third-order valence-electron chi connectivity index (χ3n) is 4.76. The number of aromatic nitrogens is 2. The molecule has 3 aliphatic rings. The van der Waals surface area contributed by atoms with Gasteiger partial charge in [-0.3, -0.25) is 4.79 Å². The Hall–Kier alpha value is -2.61. The molecular weight excluding hydrogens is 361 g/mol. The molecule has 2 aromatic rings. The molecule has 0 atom stereocenters. The van der Waals surface area contributed by atoms with Crippen LogP contribution in [0.2, 0.25) is 5.02 Å². The third-order valence-corrected chi connectivity index (χ3v) is 5.07. The van der Waals surface area contributed by atoms with Crippen molar-refractivity contribution < 1.29 is 13.9 Å². The van der Waals surface area contributed by atoms with Gasteiger partial charge in [0.05, 0.1) is 17.4 Å². The number of rotatable bonds is 6. The molecule has 136 valence electrons. The van der Waals surface area contributed by atoms with Gasteiger partial charge in [0.15, 0.2) is 6.61 Å². The largest absolute Gasteiger partial charge is 0.484 e. The van der Waals surface area contributed by atoms with Crippen molar-refractivity contribution in [1.29, 1.82) is 0 Å². The molecule has 0 unspecified atom stereocenters. The second kappa shape index (κ2) is 5.98. The summed E-state index contributed by atoms with van der Waals surface area (Å²) in [6.07, 6.45) is 5.54. The van der Waals surface area contributed by atoms with Crippen LogP contribution in [-0.4, -0.2) is 33.6 Å². The van der Waals surface area contributed by atoms with Gasteiger partial charge in [0.25, 0.3) is 5.91 Å². The zero-order valence-corrected chi connectivity index (χ0v) is 14.5. The second-order valence-electron chi connectivity index (χ2n) is 6.96. The number of anilines is 2. The van der Waals surface area contributed by atoms with Crippen molar-refractivity contribution >= 4 is 29.1 Å². The van der Waals surface area contributed by atoms with E-state index < -0.39 is 5.82 Å². The first kappa shape index (κ1) is 16.8. The number of hydrogen-bond donors (Lipinski definition) is 3. The van der Waals surface area contributed by atoms with Gasteiger partial charge in [-0.15, -0.1) is 0 Å². The second-order valence-corrected chi connectivity index (χ2v) is 7.36. The van der Waals surface area contributed by atoms with Gasteiger partial charge < -0.3 is 21.1 Å². The van der Waals surface area contributed by atoms with Crippen molar-refractivity contribution in [1.82, 2.24) is 15.3 Å². The molecule has 0 aliphatic heterocycles. The van der Waals surface area contributed by atoms with E-state index in [1.165, 1.54) is 18.3 Å². The molecule has 1 amide bonds. The number of nitrogens with two attached hydrogens (primary N) is 1. The number of halogens is 2. The number of nitrogens with zero attached hydrogens (tertiary/aromatic N) is 2. The van der Waals surface area contributed by atoms with Crippen LogP contribution in [0.25, 0.3) is 0 Å². The third kappa shape index (κ3) is 3.12. The molecule has 3 fully saturated rings. The summed E-state index contributed by atoms with van der Waals surface area (Å²) in [6, 6.07) is 4.07. The van der Waals surface area contributed by atoms with E-state index in [2.05, 4.69) is 20.6 Å². The summed E-state index contributed by atoms with van der Waals surface area (Å²) in [5.41, 5.74) is 5.28. The predicted molar refractivity (Wildman–Crippen MR) is 94.4 cm³/mol. The summed E-state index contributed by atoms with van der Waals surface area (Å²) in [7, 11) is 0. The summed E-state index contributed by atoms with van der Waals surface area (Å²) < 4.78 is 18.7. The Kier molecular flexibility index (Phi) is 3.87. The Labute approximate surface area is 154 Å². The first-order valence-electron chi connectivity index (χ1n) is 8.12. The fraction of sp³-hybridized carbons (Fsp3) is 0.353. The van der Waals surface area contributed by atoms with Gasteiger partial charge in [0.2, 0.25) is 0 Å². The highest BCUT2D eigenvalue weighted by Gasteiger charge is 2.68. The average molecular weight is 378 g/mol. The van der Waals surface area contributed by atoms with Gasteiger partial charge in [-0.25, -0.2) is 14.4 Å². The lowest BCUT2D eigenvalue weighted by Crippen LogP contribution is -2.81. The minimum atomic E-state index is -0.581. The van der Waals surface area contributed by atoms with Crippen LogP contribution in [0.5, 0.6) is 5.75 Å². The first-order chi connectivity index (χ1) is 12.4. The SMILES string of the molecule is Nc1cnc(NC23CC(NC(=O)COc4ccc(Cl)c(F)c4)(C2)C3)cn1. The number of carbonyl (C=O) groups excluding carboxylic acids is 1. The van der Waals surface area contributed by atoms with Gasteiger partial charge in [-0.1, -0.05) is 11.6 Å². The van der Waals surface area contributed by atoms with Gasteiger partial charge in [0.1, 0.15) is 23.2 Å². The van der Waals surface area contributed by atoms with E-state index in [4.69, 9.17) is 22.1 Å². The van der Waals surface area contributed by atoms with Crippen LogP contribution < -0.4 is 21.1 Å². The van der Waals surface area contributed by atoms with E-state index in [1.807, 2.05) is 0 Å². The Bertz CT molecular complexity index is 841. The lowest BCUT2D eigenvalue weighted by atomic mass is 9.44. The molecule has 26 heavy (non-hydrogen) atoms. The maximum atomic E-state index is 13.4. The lowest BCUT2D eigenvalue weighted by Gasteiger charge is -2.70. The van der Waals surface area contributed by atoms with Crippen LogP contribution in [0.1, 0.15) is 19.3 Å². The smallest absolute Gasteiger partial charge is 0.258 e. The van der Waals surface area contributed by atoms with Gasteiger partial charge >= 0.3 is 0 Å². The molecule has 7 nitrogen and oxygen atoms in total. The number of nitrogens with one attached hydrogen (secondary N) is 2. The zero-order valence-electron chi connectivity index (χ0n) is 13.8. The number of benzene rings is 1. The number of amides is 1. The molecule has 0 spiro atoms. The molecule has 0 radical (unpaired) electrons. The van der Waals surface area contributed by atoms with Crippen LogP contribution >= 0.6 is 11.6 Å². The van der Waals surface area contributed by atoms with E-state index in [1.54, 1.807) is 6.20 Å². The van der Waals surface area contributed by atoms with Crippen LogP contribution in [0.15, 0.2) is 30.6 Å². The number of nitrogen functional groups attached to an aromatic ring is 1. The molecule has 5 rings (SSSR count). The highest BCUT2D eigenvalue weighted by molar-refractivity contribution is 6.30. The summed E-state index contributed by atoms with van der Waals surface area (Å²) in [5, 5.41) is 6.36. The average Bonchev–Trinajstić information content (AvgIpc) is 2.55. The van der Waals surface area contributed by atoms with E-state index in [0.29, 0.717) is 11.6 Å². The molecule has 2 bridgehead atoms. The molecule has 3 saturated carbocycles. The van der Waals surface area contributed by atoms with Crippen LogP contribution in [0.3, 0.4) is 0 Å². The van der Waals surface area contributed by atoms with Crippen molar-refractivity contribution in [2.75, 3.05) is 17.7 Å². The van der Waals surface area contributed by atoms with Crippen LogP contribution in [0.4, 0.5) is 16.0 Å². The molecule has 9 heteroatoms. The Morgan fingerprint density at radius 3 is 2.69 bits per heavy atom. The number of ether oxygens (including phenoxy) is 1. The Morgan fingerprint density at radius 1 is 1.27 bits per heavy atom. The van der Waals surface area contributed by atoms with E-state index in [9.17, 15) is 9.18 Å². The van der Waals surface area contributed by atoms with Crippen molar-refractivity contribution in [2.45, 2.75) is 30.3 Å². The van der Waals surface area contributed by atoms with Crippen LogP contribution in [-0.2, 0) is 4.79 Å². The van der Waals surface area contributed by atoms with Crippen molar-refractivity contribution in [2.24, 2.45) is 0 Å². The Balaban J connectivity index is 1.24. The molecule has 0 saturated heterocycles. The van der Waals surface area contributed by atoms with Gasteiger partial charge in [0, 0.05) is 17.1 Å². The highest BCUT2D eigenvalue weighted by atomic mass is 35.5. The minimum absolute atomic E-state index is 0.0132. The van der Waals surface area contributed by atoms with E-state index in [-0.39, 0.29) is 34.4 Å². The zero-order chi connectivity index (χ0) is 18.4. The lowest BCUT2D eigenvalue weighted by molar-refractivity contribution is -0.135. The maximum Gasteiger partial charge on any atom is 0.258 e. The van der Waals surface area contributed by atoms with Gasteiger partial charge in [-0.05, 0) is 31.4 Å². The van der Waals surface area contributed by atoms with Gasteiger partial charge in [-0.2, -0.15) is 0 Å². The normalized spacial score (nSPS) is 25.6. The van der Waals surface area contributed by atoms with Crippen molar-refractivity contribution in [3.05, 3.63) is 41.4 Å².